The van der Waals surface area contributed by atoms with Gasteiger partial charge in [-0.15, -0.1) is 0 Å². The third-order valence-electron chi connectivity index (χ3n) is 7.18. The molecule has 2 atom stereocenters. The molecule has 0 bridgehead atoms. The molecule has 4 aliphatic heterocycles. The molecule has 1 N–H and O–H groups in total. The van der Waals surface area contributed by atoms with Crippen LogP contribution in [0.5, 0.6) is 5.75 Å². The maximum absolute atomic E-state index is 9.50. The summed E-state index contributed by atoms with van der Waals surface area (Å²) < 4.78 is 10.8. The fourth-order valence-corrected chi connectivity index (χ4v) is 4.71. The number of phenols is 1. The van der Waals surface area contributed by atoms with Gasteiger partial charge in [0.15, 0.2) is 11.2 Å². The molecule has 6 rings (SSSR count). The number of hydrogen-bond donors (Lipinski definition) is 1. The number of oxime groups is 2. The molecule has 4 aliphatic rings. The van der Waals surface area contributed by atoms with Crippen molar-refractivity contribution in [3.8, 4) is 5.75 Å². The number of rotatable bonds is 2. The molecule has 2 saturated heterocycles. The van der Waals surface area contributed by atoms with Gasteiger partial charge in [0.25, 0.3) is 0 Å². The molecule has 2 unspecified atom stereocenters. The van der Waals surface area contributed by atoms with Gasteiger partial charge in [-0.05, 0) is 72.9 Å². The van der Waals surface area contributed by atoms with Gasteiger partial charge in [0.2, 0.25) is 0 Å². The van der Waals surface area contributed by atoms with Crippen LogP contribution in [0.1, 0.15) is 67.3 Å². The molecule has 7 nitrogen and oxygen atoms in total. The quantitative estimate of drug-likeness (QED) is 0.588. The summed E-state index contributed by atoms with van der Waals surface area (Å²) in [6.07, 6.45) is 3.51. The summed E-state index contributed by atoms with van der Waals surface area (Å²) >= 11 is 0. The van der Waals surface area contributed by atoms with Crippen LogP contribution in [0.15, 0.2) is 46.7 Å². The van der Waals surface area contributed by atoms with Crippen molar-refractivity contribution in [1.29, 1.82) is 0 Å². The van der Waals surface area contributed by atoms with E-state index in [0.717, 1.165) is 61.4 Å². The maximum atomic E-state index is 9.50. The molecule has 2 aromatic carbocycles. The molecular formula is C29H38N2O5. The van der Waals surface area contributed by atoms with Crippen LogP contribution in [0.4, 0.5) is 0 Å². The molecule has 0 aliphatic carbocycles. The zero-order valence-corrected chi connectivity index (χ0v) is 22.1. The zero-order valence-electron chi connectivity index (χ0n) is 22.1. The Morgan fingerprint density at radius 2 is 1.19 bits per heavy atom. The van der Waals surface area contributed by atoms with E-state index in [1.54, 1.807) is 6.07 Å². The number of phenolic OH excluding ortho intramolecular Hbond substituents is 1. The highest BCUT2D eigenvalue weighted by Gasteiger charge is 2.44. The standard InChI is InChI=1S/C14H17NO2.C13H15NO3.C2H6/c1-10-3-4-12(7-11(10)2)13-8-14(17-15-13)5-6-16-9-14;1-9-6-10(2-3-12(9)15)11-7-13(17-14-11)4-5-16-8-13;1-2/h3-4,7H,5-6,8-9H2,1-2H3;2-3,6,15H,4-5,7-8H2,1H3;1-2H3. The second-order valence-corrected chi connectivity index (χ2v) is 9.88. The van der Waals surface area contributed by atoms with Crippen LogP contribution in [0, 0.1) is 20.8 Å². The predicted molar refractivity (Wildman–Crippen MR) is 141 cm³/mol. The van der Waals surface area contributed by atoms with Gasteiger partial charge in [0.05, 0.1) is 37.9 Å². The summed E-state index contributed by atoms with van der Waals surface area (Å²) in [5.41, 5.74) is 7.25. The lowest BCUT2D eigenvalue weighted by Crippen LogP contribution is -2.29. The Labute approximate surface area is 214 Å². The van der Waals surface area contributed by atoms with Crippen molar-refractivity contribution in [2.75, 3.05) is 26.4 Å². The molecule has 194 valence electrons. The Bertz CT molecular complexity index is 1040. The molecule has 36 heavy (non-hydrogen) atoms. The highest BCUT2D eigenvalue weighted by Crippen LogP contribution is 2.35. The van der Waals surface area contributed by atoms with Crippen LogP contribution in [0.25, 0.3) is 0 Å². The monoisotopic (exact) mass is 494 g/mol. The molecule has 0 aromatic heterocycles. The van der Waals surface area contributed by atoms with Gasteiger partial charge in [-0.2, -0.15) is 0 Å². The van der Waals surface area contributed by atoms with Gasteiger partial charge in [0.1, 0.15) is 5.75 Å². The number of aryl methyl sites for hydroxylation is 3. The summed E-state index contributed by atoms with van der Waals surface area (Å²) in [6.45, 7) is 13.0. The first-order valence-corrected chi connectivity index (χ1v) is 12.9. The van der Waals surface area contributed by atoms with Crippen molar-refractivity contribution in [3.05, 3.63) is 64.2 Å². The van der Waals surface area contributed by atoms with Crippen LogP contribution >= 0.6 is 0 Å². The Hall–Kier alpha value is -2.90. The second-order valence-electron chi connectivity index (χ2n) is 9.88. The molecule has 2 spiro atoms. The van der Waals surface area contributed by atoms with Crippen molar-refractivity contribution in [2.45, 2.75) is 71.5 Å². The van der Waals surface area contributed by atoms with Gasteiger partial charge in [-0.3, -0.25) is 0 Å². The summed E-state index contributed by atoms with van der Waals surface area (Å²) in [5, 5.41) is 17.9. The van der Waals surface area contributed by atoms with Crippen molar-refractivity contribution in [3.63, 3.8) is 0 Å². The smallest absolute Gasteiger partial charge is 0.168 e. The Morgan fingerprint density at radius 1 is 0.694 bits per heavy atom. The summed E-state index contributed by atoms with van der Waals surface area (Å²) in [7, 11) is 0. The van der Waals surface area contributed by atoms with E-state index in [0.29, 0.717) is 19.0 Å². The van der Waals surface area contributed by atoms with E-state index < -0.39 is 0 Å². The van der Waals surface area contributed by atoms with Gasteiger partial charge in [0, 0.05) is 25.7 Å². The average molecular weight is 495 g/mol. The average Bonchev–Trinajstić information content (AvgIpc) is 3.70. The lowest BCUT2D eigenvalue weighted by molar-refractivity contribution is -0.0238. The minimum Gasteiger partial charge on any atom is -0.508 e. The first-order valence-electron chi connectivity index (χ1n) is 12.9. The number of hydrogen-bond acceptors (Lipinski definition) is 7. The van der Waals surface area contributed by atoms with E-state index in [1.807, 2.05) is 32.9 Å². The lowest BCUT2D eigenvalue weighted by atomic mass is 9.92. The summed E-state index contributed by atoms with van der Waals surface area (Å²) in [4.78, 5) is 11.1. The minimum absolute atomic E-state index is 0.172. The highest BCUT2D eigenvalue weighted by atomic mass is 16.7. The third kappa shape index (κ3) is 5.57. The largest absolute Gasteiger partial charge is 0.508 e. The van der Waals surface area contributed by atoms with Crippen molar-refractivity contribution < 1.29 is 24.3 Å². The summed E-state index contributed by atoms with van der Waals surface area (Å²) in [5.74, 6) is 0.312. The Morgan fingerprint density at radius 3 is 1.64 bits per heavy atom. The highest BCUT2D eigenvalue weighted by molar-refractivity contribution is 6.02. The van der Waals surface area contributed by atoms with Crippen molar-refractivity contribution in [2.24, 2.45) is 10.3 Å². The number of aromatic hydroxyl groups is 1. The van der Waals surface area contributed by atoms with E-state index in [9.17, 15) is 5.11 Å². The fraction of sp³-hybridized carbons (Fsp3) is 0.517. The molecule has 0 amide bonds. The first-order chi connectivity index (χ1) is 17.4. The van der Waals surface area contributed by atoms with Crippen LogP contribution in [0.2, 0.25) is 0 Å². The van der Waals surface area contributed by atoms with Crippen molar-refractivity contribution in [1.82, 2.24) is 0 Å². The van der Waals surface area contributed by atoms with E-state index in [-0.39, 0.29) is 11.2 Å². The summed E-state index contributed by atoms with van der Waals surface area (Å²) in [6, 6.07) is 12.0. The number of nitrogens with zero attached hydrogens (tertiary/aromatic N) is 2. The van der Waals surface area contributed by atoms with E-state index in [1.165, 1.54) is 16.7 Å². The SMILES string of the molecule is CC.Cc1cc(C2=NOC3(CCOC3)C2)ccc1O.Cc1ccc(C2=NOC3(CCOC3)C2)cc1C. The van der Waals surface area contributed by atoms with Crippen LogP contribution in [0.3, 0.4) is 0 Å². The van der Waals surface area contributed by atoms with Gasteiger partial charge >= 0.3 is 0 Å². The van der Waals surface area contributed by atoms with Gasteiger partial charge < -0.3 is 24.3 Å². The molecular weight excluding hydrogens is 456 g/mol. The Kier molecular flexibility index (Phi) is 8.00. The normalized spacial score (nSPS) is 25.9. The molecule has 0 radical (unpaired) electrons. The molecule has 2 aromatic rings. The topological polar surface area (TPSA) is 81.9 Å². The Balaban J connectivity index is 0.000000158. The predicted octanol–water partition coefficient (Wildman–Crippen LogP) is 5.60. The molecule has 7 heteroatoms. The van der Waals surface area contributed by atoms with Crippen LogP contribution in [-0.2, 0) is 19.1 Å². The van der Waals surface area contributed by atoms with Gasteiger partial charge in [-0.1, -0.05) is 36.3 Å². The minimum atomic E-state index is -0.235. The maximum Gasteiger partial charge on any atom is 0.168 e. The number of benzene rings is 2. The number of ether oxygens (including phenoxy) is 2. The van der Waals surface area contributed by atoms with Crippen LogP contribution < -0.4 is 0 Å². The third-order valence-corrected chi connectivity index (χ3v) is 7.18. The second kappa shape index (κ2) is 11.0. The van der Waals surface area contributed by atoms with Crippen LogP contribution in [-0.4, -0.2) is 54.2 Å². The fourth-order valence-electron chi connectivity index (χ4n) is 4.71. The molecule has 0 saturated carbocycles. The van der Waals surface area contributed by atoms with Gasteiger partial charge in [-0.25, -0.2) is 0 Å². The van der Waals surface area contributed by atoms with E-state index in [4.69, 9.17) is 19.1 Å². The van der Waals surface area contributed by atoms with E-state index >= 15 is 0 Å². The van der Waals surface area contributed by atoms with E-state index in [2.05, 4.69) is 42.4 Å². The first kappa shape index (κ1) is 26.2. The molecule has 4 heterocycles. The lowest BCUT2D eigenvalue weighted by Gasteiger charge is -2.17. The zero-order chi connectivity index (χ0) is 25.8. The molecule has 2 fully saturated rings. The van der Waals surface area contributed by atoms with Crippen molar-refractivity contribution >= 4 is 11.4 Å².